The minimum atomic E-state index is -0.595. The zero-order chi connectivity index (χ0) is 12.8. The molecule has 16 heavy (non-hydrogen) atoms. The standard InChI is InChI=1S/C10H18ClNO4/c1-10(2,3)16-9(14)12-7(6-11)5-8(13)15-4/h7H,5-6H2,1-4H3,(H,12,14)/t7-/m0/s1. The molecule has 0 aromatic carbocycles. The average molecular weight is 252 g/mol. The normalized spacial score (nSPS) is 12.8. The molecule has 0 aliphatic heterocycles. The van der Waals surface area contributed by atoms with Crippen LogP contribution in [0.1, 0.15) is 27.2 Å². The Balaban J connectivity index is 4.12. The van der Waals surface area contributed by atoms with E-state index < -0.39 is 23.7 Å². The van der Waals surface area contributed by atoms with Crippen molar-refractivity contribution in [2.24, 2.45) is 0 Å². The van der Waals surface area contributed by atoms with Gasteiger partial charge in [-0.2, -0.15) is 0 Å². The van der Waals surface area contributed by atoms with Crippen LogP contribution in [0.3, 0.4) is 0 Å². The molecule has 0 saturated heterocycles. The first-order valence-electron chi connectivity index (χ1n) is 4.90. The van der Waals surface area contributed by atoms with Gasteiger partial charge in [-0.25, -0.2) is 4.79 Å². The maximum atomic E-state index is 11.4. The zero-order valence-electron chi connectivity index (χ0n) is 10.0. The highest BCUT2D eigenvalue weighted by Gasteiger charge is 2.20. The van der Waals surface area contributed by atoms with Gasteiger partial charge in [-0.15, -0.1) is 11.6 Å². The quantitative estimate of drug-likeness (QED) is 0.610. The van der Waals surface area contributed by atoms with Crippen LogP contribution in [-0.4, -0.2) is 36.7 Å². The van der Waals surface area contributed by atoms with Crippen molar-refractivity contribution in [2.45, 2.75) is 38.8 Å². The Hall–Kier alpha value is -0.970. The highest BCUT2D eigenvalue weighted by Crippen LogP contribution is 2.07. The third-order valence-electron chi connectivity index (χ3n) is 1.55. The van der Waals surface area contributed by atoms with Gasteiger partial charge >= 0.3 is 12.1 Å². The lowest BCUT2D eigenvalue weighted by molar-refractivity contribution is -0.141. The first-order chi connectivity index (χ1) is 7.28. The summed E-state index contributed by atoms with van der Waals surface area (Å²) in [5.41, 5.74) is -0.577. The molecule has 5 nitrogen and oxygen atoms in total. The summed E-state index contributed by atoms with van der Waals surface area (Å²) in [6.45, 7) is 5.26. The molecule has 0 aromatic heterocycles. The van der Waals surface area contributed by atoms with E-state index in [0.29, 0.717) is 0 Å². The maximum absolute atomic E-state index is 11.4. The number of carbonyl (C=O) groups is 2. The highest BCUT2D eigenvalue weighted by atomic mass is 35.5. The fourth-order valence-electron chi connectivity index (χ4n) is 0.903. The number of hydrogen-bond donors (Lipinski definition) is 1. The Kier molecular flexibility index (Phi) is 6.18. The Morgan fingerprint density at radius 1 is 1.38 bits per heavy atom. The van der Waals surface area contributed by atoms with E-state index in [-0.39, 0.29) is 12.3 Å². The van der Waals surface area contributed by atoms with E-state index in [9.17, 15) is 9.59 Å². The average Bonchev–Trinajstić information content (AvgIpc) is 2.13. The first-order valence-corrected chi connectivity index (χ1v) is 5.44. The van der Waals surface area contributed by atoms with Gasteiger partial charge in [0.15, 0.2) is 0 Å². The van der Waals surface area contributed by atoms with Crippen molar-refractivity contribution >= 4 is 23.7 Å². The van der Waals surface area contributed by atoms with Crippen molar-refractivity contribution in [3.63, 3.8) is 0 Å². The third kappa shape index (κ3) is 7.34. The molecule has 0 bridgehead atoms. The van der Waals surface area contributed by atoms with E-state index in [2.05, 4.69) is 10.1 Å². The number of esters is 1. The second kappa shape index (κ2) is 6.58. The lowest BCUT2D eigenvalue weighted by Gasteiger charge is -2.22. The fraction of sp³-hybridized carbons (Fsp3) is 0.800. The molecule has 1 N–H and O–H groups in total. The minimum Gasteiger partial charge on any atom is -0.469 e. The number of carbonyl (C=O) groups excluding carboxylic acids is 2. The van der Waals surface area contributed by atoms with Gasteiger partial charge in [0.25, 0.3) is 0 Å². The van der Waals surface area contributed by atoms with Crippen LogP contribution in [0.15, 0.2) is 0 Å². The summed E-state index contributed by atoms with van der Waals surface area (Å²) in [6, 6.07) is -0.482. The number of ether oxygens (including phenoxy) is 2. The molecular formula is C10H18ClNO4. The van der Waals surface area contributed by atoms with Gasteiger partial charge in [-0.05, 0) is 20.8 Å². The number of nitrogens with one attached hydrogen (secondary N) is 1. The Morgan fingerprint density at radius 2 is 1.94 bits per heavy atom. The van der Waals surface area contributed by atoms with Crippen molar-refractivity contribution in [3.05, 3.63) is 0 Å². The van der Waals surface area contributed by atoms with Gasteiger partial charge in [-0.3, -0.25) is 4.79 Å². The van der Waals surface area contributed by atoms with E-state index in [4.69, 9.17) is 16.3 Å². The monoisotopic (exact) mass is 251 g/mol. The van der Waals surface area contributed by atoms with E-state index in [0.717, 1.165) is 0 Å². The van der Waals surface area contributed by atoms with Crippen molar-refractivity contribution < 1.29 is 19.1 Å². The molecule has 0 spiro atoms. The van der Waals surface area contributed by atoms with Crippen LogP contribution in [0.2, 0.25) is 0 Å². The fourth-order valence-corrected chi connectivity index (χ4v) is 1.09. The number of rotatable bonds is 4. The largest absolute Gasteiger partial charge is 0.469 e. The Morgan fingerprint density at radius 3 is 2.31 bits per heavy atom. The number of methoxy groups -OCH3 is 1. The van der Waals surface area contributed by atoms with E-state index in [1.807, 2.05) is 0 Å². The van der Waals surface area contributed by atoms with Crippen LogP contribution < -0.4 is 5.32 Å². The molecule has 0 rings (SSSR count). The second-order valence-electron chi connectivity index (χ2n) is 4.28. The summed E-state index contributed by atoms with van der Waals surface area (Å²) in [4.78, 5) is 22.3. The highest BCUT2D eigenvalue weighted by molar-refractivity contribution is 6.18. The first kappa shape index (κ1) is 15.0. The van der Waals surface area contributed by atoms with Crippen LogP contribution in [-0.2, 0) is 14.3 Å². The maximum Gasteiger partial charge on any atom is 0.407 e. The predicted molar refractivity (Wildman–Crippen MR) is 60.5 cm³/mol. The molecule has 0 radical (unpaired) electrons. The Bertz CT molecular complexity index is 250. The van der Waals surface area contributed by atoms with Crippen LogP contribution >= 0.6 is 11.6 Å². The molecule has 6 heteroatoms. The van der Waals surface area contributed by atoms with E-state index in [1.165, 1.54) is 7.11 Å². The van der Waals surface area contributed by atoms with Crippen LogP contribution in [0, 0.1) is 0 Å². The SMILES string of the molecule is COC(=O)C[C@@H](CCl)NC(=O)OC(C)(C)C. The van der Waals surface area contributed by atoms with Crippen LogP contribution in [0.5, 0.6) is 0 Å². The van der Waals surface area contributed by atoms with Crippen molar-refractivity contribution in [1.29, 1.82) is 0 Å². The summed E-state index contributed by atoms with van der Waals surface area (Å²) in [7, 11) is 1.28. The summed E-state index contributed by atoms with van der Waals surface area (Å²) in [5.74, 6) is -0.310. The van der Waals surface area contributed by atoms with Crippen molar-refractivity contribution in [1.82, 2.24) is 5.32 Å². The summed E-state index contributed by atoms with van der Waals surface area (Å²) < 4.78 is 9.50. The molecule has 1 atom stereocenters. The zero-order valence-corrected chi connectivity index (χ0v) is 10.8. The van der Waals surface area contributed by atoms with Gasteiger partial charge in [0.05, 0.1) is 19.6 Å². The van der Waals surface area contributed by atoms with E-state index >= 15 is 0 Å². The molecular weight excluding hydrogens is 234 g/mol. The topological polar surface area (TPSA) is 64.6 Å². The lowest BCUT2D eigenvalue weighted by atomic mass is 10.2. The van der Waals surface area contributed by atoms with Crippen LogP contribution in [0.4, 0.5) is 4.79 Å². The second-order valence-corrected chi connectivity index (χ2v) is 4.59. The van der Waals surface area contributed by atoms with Gasteiger partial charge in [0.2, 0.25) is 0 Å². The molecule has 0 fully saturated rings. The lowest BCUT2D eigenvalue weighted by Crippen LogP contribution is -2.41. The number of amides is 1. The number of halogens is 1. The summed E-state index contributed by atoms with van der Waals surface area (Å²) >= 11 is 5.61. The molecule has 0 saturated carbocycles. The number of alkyl carbamates (subject to hydrolysis) is 1. The van der Waals surface area contributed by atoms with Gasteiger partial charge in [0, 0.05) is 5.88 Å². The number of hydrogen-bond acceptors (Lipinski definition) is 4. The molecule has 94 valence electrons. The smallest absolute Gasteiger partial charge is 0.407 e. The number of alkyl halides is 1. The van der Waals surface area contributed by atoms with Gasteiger partial charge in [-0.1, -0.05) is 0 Å². The third-order valence-corrected chi connectivity index (χ3v) is 1.92. The summed E-state index contributed by atoms with van der Waals surface area (Å²) in [6.07, 6.45) is -0.568. The Labute approximate surface area is 100 Å². The molecule has 0 aliphatic rings. The molecule has 0 heterocycles. The van der Waals surface area contributed by atoms with Crippen molar-refractivity contribution in [2.75, 3.05) is 13.0 Å². The van der Waals surface area contributed by atoms with Gasteiger partial charge in [0.1, 0.15) is 5.60 Å². The molecule has 0 aliphatic carbocycles. The van der Waals surface area contributed by atoms with Gasteiger partial charge < -0.3 is 14.8 Å². The molecule has 1 amide bonds. The van der Waals surface area contributed by atoms with Crippen LogP contribution in [0.25, 0.3) is 0 Å². The predicted octanol–water partition coefficient (Wildman–Crippen LogP) is 1.68. The molecule has 0 aromatic rings. The van der Waals surface area contributed by atoms with Crippen molar-refractivity contribution in [3.8, 4) is 0 Å². The van der Waals surface area contributed by atoms with E-state index in [1.54, 1.807) is 20.8 Å². The summed E-state index contributed by atoms with van der Waals surface area (Å²) in [5, 5.41) is 2.49. The molecule has 0 unspecified atom stereocenters. The minimum absolute atomic E-state index is 0.0270.